The fourth-order valence-corrected chi connectivity index (χ4v) is 5.33. The van der Waals surface area contributed by atoms with E-state index in [9.17, 15) is 9.59 Å². The molecule has 0 bridgehead atoms. The highest BCUT2D eigenvalue weighted by molar-refractivity contribution is 5.89. The Morgan fingerprint density at radius 2 is 1.93 bits per heavy atom. The molecule has 2 N–H and O–H groups in total. The number of hydrogen-bond donors (Lipinski definition) is 2. The molecule has 4 fully saturated rings. The number of hydrogen-bond acceptors (Lipinski definition) is 6. The maximum Gasteiger partial charge on any atom is 0.231 e. The van der Waals surface area contributed by atoms with E-state index in [4.69, 9.17) is 9.47 Å². The Morgan fingerprint density at radius 3 is 2.79 bits per heavy atom. The molecular formula is C21H26N4O4. The minimum Gasteiger partial charge on any atom is -0.454 e. The van der Waals surface area contributed by atoms with Gasteiger partial charge in [-0.1, -0.05) is 6.07 Å². The Balaban J connectivity index is 1.17. The zero-order chi connectivity index (χ0) is 19.5. The van der Waals surface area contributed by atoms with Gasteiger partial charge in [0.05, 0.1) is 12.0 Å². The standard InChI is InChI=1S/C21H26N4O4/c26-19-8-13(9-25(19)14-2-3-14)21(27)24-6-5-16-15(10-24)20(23-22-16)12-1-4-17-18(7-12)29-11-28-17/h1,4,7,13-16,20,22-23H,2-3,5-6,8-11H2. The second-order valence-corrected chi connectivity index (χ2v) is 8.90. The maximum atomic E-state index is 13.2. The van der Waals surface area contributed by atoms with Gasteiger partial charge >= 0.3 is 0 Å². The number of amides is 2. The lowest BCUT2D eigenvalue weighted by Crippen LogP contribution is -2.49. The molecule has 8 nitrogen and oxygen atoms in total. The summed E-state index contributed by atoms with van der Waals surface area (Å²) in [4.78, 5) is 29.4. The lowest BCUT2D eigenvalue weighted by Gasteiger charge is -2.37. The first-order chi connectivity index (χ1) is 14.2. The lowest BCUT2D eigenvalue weighted by atomic mass is 9.84. The van der Waals surface area contributed by atoms with Gasteiger partial charge in [-0.3, -0.25) is 15.0 Å². The van der Waals surface area contributed by atoms with E-state index in [1.54, 1.807) is 0 Å². The summed E-state index contributed by atoms with van der Waals surface area (Å²) in [5.41, 5.74) is 7.98. The first-order valence-corrected chi connectivity index (χ1v) is 10.7. The van der Waals surface area contributed by atoms with Gasteiger partial charge in [0.1, 0.15) is 0 Å². The van der Waals surface area contributed by atoms with Crippen LogP contribution in [0.1, 0.15) is 37.3 Å². The van der Waals surface area contributed by atoms with Crippen molar-refractivity contribution < 1.29 is 19.1 Å². The van der Waals surface area contributed by atoms with Gasteiger partial charge in [0.15, 0.2) is 11.5 Å². The molecule has 4 aliphatic heterocycles. The van der Waals surface area contributed by atoms with E-state index in [0.717, 1.165) is 42.9 Å². The second kappa shape index (κ2) is 6.60. The third kappa shape index (κ3) is 2.97. The van der Waals surface area contributed by atoms with Crippen LogP contribution in [0.3, 0.4) is 0 Å². The normalized spacial score (nSPS) is 33.3. The molecule has 4 unspecified atom stereocenters. The Morgan fingerprint density at radius 1 is 1.07 bits per heavy atom. The third-order valence-electron chi connectivity index (χ3n) is 7.07. The predicted octanol–water partition coefficient (Wildman–Crippen LogP) is 0.792. The summed E-state index contributed by atoms with van der Waals surface area (Å²) >= 11 is 0. The average molecular weight is 398 g/mol. The molecule has 29 heavy (non-hydrogen) atoms. The largest absolute Gasteiger partial charge is 0.454 e. The molecule has 4 atom stereocenters. The van der Waals surface area contributed by atoms with Crippen LogP contribution in [0.5, 0.6) is 11.5 Å². The molecule has 2 amide bonds. The number of ether oxygens (including phenoxy) is 2. The summed E-state index contributed by atoms with van der Waals surface area (Å²) < 4.78 is 11.0. The molecule has 6 rings (SSSR count). The van der Waals surface area contributed by atoms with E-state index in [1.807, 2.05) is 21.9 Å². The van der Waals surface area contributed by atoms with E-state index < -0.39 is 0 Å². The van der Waals surface area contributed by atoms with E-state index in [2.05, 4.69) is 16.9 Å². The fourth-order valence-electron chi connectivity index (χ4n) is 5.33. The fraction of sp³-hybridized carbons (Fsp3) is 0.619. The van der Waals surface area contributed by atoms with Crippen molar-refractivity contribution in [3.05, 3.63) is 23.8 Å². The number of carbonyl (C=O) groups excluding carboxylic acids is 2. The first-order valence-electron chi connectivity index (χ1n) is 10.7. The zero-order valence-corrected chi connectivity index (χ0v) is 16.3. The maximum absolute atomic E-state index is 13.2. The van der Waals surface area contributed by atoms with Crippen molar-refractivity contribution in [2.75, 3.05) is 26.4 Å². The van der Waals surface area contributed by atoms with E-state index in [0.29, 0.717) is 31.6 Å². The van der Waals surface area contributed by atoms with Crippen LogP contribution in [0.4, 0.5) is 0 Å². The first kappa shape index (κ1) is 17.5. The van der Waals surface area contributed by atoms with Crippen molar-refractivity contribution in [1.29, 1.82) is 0 Å². The molecule has 154 valence electrons. The Labute approximate surface area is 169 Å². The van der Waals surface area contributed by atoms with Crippen molar-refractivity contribution in [2.45, 2.75) is 43.8 Å². The molecule has 8 heteroatoms. The van der Waals surface area contributed by atoms with Crippen molar-refractivity contribution in [2.24, 2.45) is 11.8 Å². The van der Waals surface area contributed by atoms with Gasteiger partial charge in [0.25, 0.3) is 0 Å². The van der Waals surface area contributed by atoms with Gasteiger partial charge < -0.3 is 19.3 Å². The van der Waals surface area contributed by atoms with E-state index in [1.165, 1.54) is 0 Å². The quantitative estimate of drug-likeness (QED) is 0.784. The molecule has 4 heterocycles. The van der Waals surface area contributed by atoms with Crippen LogP contribution in [0.25, 0.3) is 0 Å². The van der Waals surface area contributed by atoms with Gasteiger partial charge in [-0.05, 0) is 37.0 Å². The van der Waals surface area contributed by atoms with Crippen molar-refractivity contribution in [1.82, 2.24) is 20.7 Å². The third-order valence-corrected chi connectivity index (χ3v) is 7.07. The molecule has 5 aliphatic rings. The molecule has 0 aromatic heterocycles. The number of nitrogens with one attached hydrogen (secondary N) is 2. The lowest BCUT2D eigenvalue weighted by molar-refractivity contribution is -0.137. The van der Waals surface area contributed by atoms with Crippen molar-refractivity contribution >= 4 is 11.8 Å². The Hall–Kier alpha value is -2.32. The number of fused-ring (bicyclic) bond motifs is 2. The van der Waals surface area contributed by atoms with Crippen LogP contribution in [0.2, 0.25) is 0 Å². The smallest absolute Gasteiger partial charge is 0.231 e. The molecule has 1 aromatic carbocycles. The minimum atomic E-state index is -0.175. The highest BCUT2D eigenvalue weighted by Gasteiger charge is 2.46. The van der Waals surface area contributed by atoms with Gasteiger partial charge in [0, 0.05) is 44.1 Å². The molecule has 0 spiro atoms. The summed E-state index contributed by atoms with van der Waals surface area (Å²) in [7, 11) is 0. The van der Waals surface area contributed by atoms with Gasteiger partial charge in [-0.25, -0.2) is 5.43 Å². The second-order valence-electron chi connectivity index (χ2n) is 8.90. The van der Waals surface area contributed by atoms with Gasteiger partial charge in [0.2, 0.25) is 18.6 Å². The summed E-state index contributed by atoms with van der Waals surface area (Å²) in [6, 6.07) is 6.90. The van der Waals surface area contributed by atoms with Crippen LogP contribution in [-0.2, 0) is 9.59 Å². The summed E-state index contributed by atoms with van der Waals surface area (Å²) in [6.45, 7) is 2.32. The van der Waals surface area contributed by atoms with Crippen molar-refractivity contribution in [3.8, 4) is 11.5 Å². The molecule has 1 saturated carbocycles. The molecule has 0 radical (unpaired) electrons. The number of hydrazine groups is 1. The SMILES string of the molecule is O=C(C1CC(=O)N(C2CC2)C1)N1CCC2NNC(c3ccc4c(c3)OCO4)C2C1. The minimum absolute atomic E-state index is 0.110. The zero-order valence-electron chi connectivity index (χ0n) is 16.3. The van der Waals surface area contributed by atoms with E-state index in [-0.39, 0.29) is 36.5 Å². The number of likely N-dealkylation sites (tertiary alicyclic amines) is 2. The summed E-state index contributed by atoms with van der Waals surface area (Å²) in [5.74, 6) is 1.97. The molecular weight excluding hydrogens is 372 g/mol. The van der Waals surface area contributed by atoms with Crippen LogP contribution < -0.4 is 20.3 Å². The van der Waals surface area contributed by atoms with Gasteiger partial charge in [-0.15, -0.1) is 0 Å². The van der Waals surface area contributed by atoms with Gasteiger partial charge in [-0.2, -0.15) is 0 Å². The number of nitrogens with zero attached hydrogens (tertiary/aromatic N) is 2. The monoisotopic (exact) mass is 398 g/mol. The Bertz CT molecular complexity index is 857. The number of piperidine rings is 1. The highest BCUT2D eigenvalue weighted by Crippen LogP contribution is 2.40. The summed E-state index contributed by atoms with van der Waals surface area (Å²) in [5, 5.41) is 0. The summed E-state index contributed by atoms with van der Waals surface area (Å²) in [6.07, 6.45) is 3.48. The number of carbonyl (C=O) groups is 2. The average Bonchev–Trinajstić information content (AvgIpc) is 3.14. The molecule has 1 aliphatic carbocycles. The topological polar surface area (TPSA) is 83.1 Å². The Kier molecular flexibility index (Phi) is 3.99. The molecule has 1 aromatic rings. The highest BCUT2D eigenvalue weighted by atomic mass is 16.7. The predicted molar refractivity (Wildman–Crippen MR) is 103 cm³/mol. The van der Waals surface area contributed by atoms with Crippen LogP contribution in [0.15, 0.2) is 18.2 Å². The van der Waals surface area contributed by atoms with Crippen LogP contribution in [-0.4, -0.2) is 60.1 Å². The number of rotatable bonds is 3. The van der Waals surface area contributed by atoms with E-state index >= 15 is 0 Å². The van der Waals surface area contributed by atoms with Crippen LogP contribution in [0, 0.1) is 11.8 Å². The van der Waals surface area contributed by atoms with Crippen LogP contribution >= 0.6 is 0 Å². The molecule has 3 saturated heterocycles. The number of benzene rings is 1. The van der Waals surface area contributed by atoms with Crippen molar-refractivity contribution in [3.63, 3.8) is 0 Å².